The lowest BCUT2D eigenvalue weighted by Crippen LogP contribution is -2.22. The van der Waals surface area contributed by atoms with Crippen molar-refractivity contribution in [2.75, 3.05) is 18.0 Å². The van der Waals surface area contributed by atoms with Crippen LogP contribution in [0.2, 0.25) is 0 Å². The van der Waals surface area contributed by atoms with Gasteiger partial charge >= 0.3 is 0 Å². The van der Waals surface area contributed by atoms with E-state index in [0.717, 1.165) is 13.1 Å². The molecule has 0 heterocycles. The van der Waals surface area contributed by atoms with Crippen LogP contribution in [0, 0.1) is 13.8 Å². The first-order valence-electron chi connectivity index (χ1n) is 13.2. The summed E-state index contributed by atoms with van der Waals surface area (Å²) in [6.45, 7) is 15.4. The van der Waals surface area contributed by atoms with E-state index in [2.05, 4.69) is 142 Å². The summed E-state index contributed by atoms with van der Waals surface area (Å²) < 4.78 is 2.43. The molecule has 0 aliphatic rings. The molecule has 2 heteroatoms. The average Bonchev–Trinajstić information content (AvgIpc) is 2.85. The predicted molar refractivity (Wildman–Crippen MR) is 156 cm³/mol. The highest BCUT2D eigenvalue weighted by Crippen LogP contribution is 2.24. The Bertz CT molecular complexity index is 1070. The Morgan fingerprint density at radius 1 is 0.771 bits per heavy atom. The first kappa shape index (κ1) is 28.1. The van der Waals surface area contributed by atoms with E-state index < -0.39 is 0 Å². The summed E-state index contributed by atoms with van der Waals surface area (Å²) in [6, 6.07) is 17.3. The average molecular weight is 470 g/mol. The van der Waals surface area contributed by atoms with Gasteiger partial charge < -0.3 is 4.90 Å². The zero-order valence-electron chi connectivity index (χ0n) is 22.8. The van der Waals surface area contributed by atoms with Gasteiger partial charge in [0.25, 0.3) is 0 Å². The van der Waals surface area contributed by atoms with Crippen LogP contribution in [0.15, 0.2) is 96.8 Å². The largest absolute Gasteiger partial charge is 0.345 e. The van der Waals surface area contributed by atoms with Crippen molar-refractivity contribution in [1.29, 1.82) is 0 Å². The lowest BCUT2D eigenvalue weighted by Gasteiger charge is -2.27. The molecule has 0 atom stereocenters. The van der Waals surface area contributed by atoms with E-state index in [9.17, 15) is 0 Å². The summed E-state index contributed by atoms with van der Waals surface area (Å²) in [7, 11) is 0. The summed E-state index contributed by atoms with van der Waals surface area (Å²) >= 11 is 0. The fraction of sp³-hybridized carbons (Fsp3) is 0.364. The number of unbranched alkanes of at least 4 members (excludes halogenated alkanes) is 2. The van der Waals surface area contributed by atoms with Gasteiger partial charge in [0, 0.05) is 49.0 Å². The molecule has 2 nitrogen and oxygen atoms in total. The van der Waals surface area contributed by atoms with Crippen molar-refractivity contribution in [1.82, 2.24) is 0 Å². The van der Waals surface area contributed by atoms with Gasteiger partial charge in [-0.2, -0.15) is 4.58 Å². The van der Waals surface area contributed by atoms with Gasteiger partial charge in [-0.1, -0.05) is 93.5 Å². The molecular weight excluding hydrogens is 424 g/mol. The second kappa shape index (κ2) is 15.7. The molecule has 0 aliphatic carbocycles. The SMILES string of the molecule is CCCCN(/C(C)=C/C=C/C=C/C=C/C(C)=[N+](\CCCC)c1ccccc1C)c1ccccc1C. The van der Waals surface area contributed by atoms with Crippen LogP contribution < -0.4 is 4.90 Å². The molecule has 0 saturated carbocycles. The lowest BCUT2D eigenvalue weighted by molar-refractivity contribution is -0.441. The zero-order valence-corrected chi connectivity index (χ0v) is 22.8. The van der Waals surface area contributed by atoms with Gasteiger partial charge in [0.15, 0.2) is 5.71 Å². The number of anilines is 1. The van der Waals surface area contributed by atoms with E-state index in [4.69, 9.17) is 0 Å². The lowest BCUT2D eigenvalue weighted by atomic mass is 10.1. The quantitative estimate of drug-likeness (QED) is 0.161. The number of aryl methyl sites for hydroxylation is 2. The van der Waals surface area contributed by atoms with Crippen LogP contribution in [-0.4, -0.2) is 23.4 Å². The van der Waals surface area contributed by atoms with Crippen molar-refractivity contribution in [2.45, 2.75) is 67.2 Å². The van der Waals surface area contributed by atoms with Crippen LogP contribution in [0.4, 0.5) is 11.4 Å². The molecule has 0 saturated heterocycles. The fourth-order valence-electron chi connectivity index (χ4n) is 4.10. The molecule has 0 bridgehead atoms. The molecule has 2 aromatic carbocycles. The number of hydrogen-bond acceptors (Lipinski definition) is 1. The predicted octanol–water partition coefficient (Wildman–Crippen LogP) is 9.09. The van der Waals surface area contributed by atoms with Gasteiger partial charge in [0.1, 0.15) is 6.54 Å². The monoisotopic (exact) mass is 469 g/mol. The first-order valence-corrected chi connectivity index (χ1v) is 13.2. The number of hydrogen-bond donors (Lipinski definition) is 0. The molecule has 0 aliphatic heterocycles. The summed E-state index contributed by atoms with van der Waals surface area (Å²) in [5.41, 5.74) is 7.76. The third kappa shape index (κ3) is 9.20. The molecule has 186 valence electrons. The van der Waals surface area contributed by atoms with E-state index in [0.29, 0.717) is 0 Å². The maximum Gasteiger partial charge on any atom is 0.208 e. The van der Waals surface area contributed by atoms with Crippen LogP contribution in [0.3, 0.4) is 0 Å². The Morgan fingerprint density at radius 2 is 1.40 bits per heavy atom. The molecule has 0 radical (unpaired) electrons. The number of benzene rings is 2. The van der Waals surface area contributed by atoms with Crippen LogP contribution in [0.5, 0.6) is 0 Å². The van der Waals surface area contributed by atoms with E-state index in [-0.39, 0.29) is 0 Å². The van der Waals surface area contributed by atoms with Crippen LogP contribution in [0.1, 0.15) is 64.5 Å². The summed E-state index contributed by atoms with van der Waals surface area (Å²) in [5.74, 6) is 0. The Hall–Kier alpha value is -3.13. The molecule has 0 spiro atoms. The standard InChI is InChI=1S/C33H45N2/c1-7-9-26-34(32-24-18-16-20-28(32)3)30(5)22-14-12-11-13-15-23-31(6)35(27-10-8-2)33-25-19-17-21-29(33)4/h11-25H,7-10,26-27H2,1-6H3/q+1. The van der Waals surface area contributed by atoms with Gasteiger partial charge in [0.05, 0.1) is 0 Å². The van der Waals surface area contributed by atoms with Gasteiger partial charge in [-0.05, 0) is 44.9 Å². The van der Waals surface area contributed by atoms with Crippen LogP contribution >= 0.6 is 0 Å². The topological polar surface area (TPSA) is 6.25 Å². The van der Waals surface area contributed by atoms with E-state index in [1.54, 1.807) is 0 Å². The van der Waals surface area contributed by atoms with Gasteiger partial charge in [-0.25, -0.2) is 0 Å². The molecule has 0 unspecified atom stereocenters. The van der Waals surface area contributed by atoms with Crippen molar-refractivity contribution in [2.24, 2.45) is 0 Å². The molecule has 2 rings (SSSR count). The number of nitrogens with zero attached hydrogens (tertiary/aromatic N) is 2. The number of para-hydroxylation sites is 2. The van der Waals surface area contributed by atoms with Gasteiger partial charge in [-0.3, -0.25) is 0 Å². The van der Waals surface area contributed by atoms with Crippen molar-refractivity contribution in [3.05, 3.63) is 108 Å². The Balaban J connectivity index is 2.10. The summed E-state index contributed by atoms with van der Waals surface area (Å²) in [6.07, 6.45) is 19.7. The Morgan fingerprint density at radius 3 is 2.09 bits per heavy atom. The highest BCUT2D eigenvalue weighted by atomic mass is 15.1. The minimum Gasteiger partial charge on any atom is -0.345 e. The zero-order chi connectivity index (χ0) is 25.5. The molecule has 0 aromatic heterocycles. The third-order valence-corrected chi connectivity index (χ3v) is 6.25. The normalized spacial score (nSPS) is 13.3. The fourth-order valence-corrected chi connectivity index (χ4v) is 4.10. The maximum atomic E-state index is 2.43. The summed E-state index contributed by atoms with van der Waals surface area (Å²) in [5, 5.41) is 0. The molecular formula is C33H45N2+. The summed E-state index contributed by atoms with van der Waals surface area (Å²) in [4.78, 5) is 2.43. The maximum absolute atomic E-state index is 2.43. The molecule has 2 aromatic rings. The molecule has 0 amide bonds. The number of rotatable bonds is 13. The van der Waals surface area contributed by atoms with Gasteiger partial charge in [-0.15, -0.1) is 0 Å². The molecule has 0 N–H and O–H groups in total. The highest BCUT2D eigenvalue weighted by Gasteiger charge is 2.14. The molecule has 35 heavy (non-hydrogen) atoms. The second-order valence-electron chi connectivity index (χ2n) is 9.16. The number of allylic oxidation sites excluding steroid dienone is 8. The van der Waals surface area contributed by atoms with Crippen molar-refractivity contribution < 1.29 is 4.58 Å². The van der Waals surface area contributed by atoms with Gasteiger partial charge in [0.2, 0.25) is 5.69 Å². The van der Waals surface area contributed by atoms with Crippen LogP contribution in [0.25, 0.3) is 0 Å². The Labute approximate surface area is 214 Å². The van der Waals surface area contributed by atoms with Crippen molar-refractivity contribution in [3.63, 3.8) is 0 Å². The minimum atomic E-state index is 1.04. The van der Waals surface area contributed by atoms with Crippen molar-refractivity contribution in [3.8, 4) is 0 Å². The van der Waals surface area contributed by atoms with E-state index in [1.165, 1.54) is 59.6 Å². The minimum absolute atomic E-state index is 1.04. The molecule has 0 fully saturated rings. The Kier molecular flexibility index (Phi) is 12.6. The van der Waals surface area contributed by atoms with Crippen LogP contribution in [-0.2, 0) is 0 Å². The van der Waals surface area contributed by atoms with Crippen molar-refractivity contribution >= 4 is 17.1 Å². The third-order valence-electron chi connectivity index (χ3n) is 6.25. The first-order chi connectivity index (χ1) is 17.0. The van der Waals surface area contributed by atoms with E-state index in [1.807, 2.05) is 0 Å². The smallest absolute Gasteiger partial charge is 0.208 e. The second-order valence-corrected chi connectivity index (χ2v) is 9.16. The highest BCUT2D eigenvalue weighted by molar-refractivity contribution is 5.89. The van der Waals surface area contributed by atoms with E-state index >= 15 is 0 Å².